The van der Waals surface area contributed by atoms with E-state index in [-0.39, 0.29) is 23.6 Å². The second-order valence-electron chi connectivity index (χ2n) is 8.13. The van der Waals surface area contributed by atoms with Gasteiger partial charge in [0.15, 0.2) is 0 Å². The third kappa shape index (κ3) is 4.78. The number of carbonyl (C=O) groups is 1. The van der Waals surface area contributed by atoms with Crippen molar-refractivity contribution in [1.82, 2.24) is 14.8 Å². The Bertz CT molecular complexity index is 1020. The van der Waals surface area contributed by atoms with Crippen LogP contribution in [0.3, 0.4) is 0 Å². The molecule has 1 fully saturated rings. The molecule has 0 saturated carbocycles. The summed E-state index contributed by atoms with van der Waals surface area (Å²) in [4.78, 5) is 23.3. The van der Waals surface area contributed by atoms with Gasteiger partial charge >= 0.3 is 0 Å². The quantitative estimate of drug-likeness (QED) is 0.607. The fraction of sp³-hybridized carbons (Fsp3) is 0.280. The molecule has 4 rings (SSSR count). The van der Waals surface area contributed by atoms with Gasteiger partial charge in [-0.15, -0.1) is 0 Å². The van der Waals surface area contributed by atoms with Crippen LogP contribution in [-0.4, -0.2) is 61.0 Å². The molecule has 0 aliphatic carbocycles. The van der Waals surface area contributed by atoms with Gasteiger partial charge in [0, 0.05) is 52.0 Å². The molecule has 0 spiro atoms. The van der Waals surface area contributed by atoms with Crippen LogP contribution < -0.4 is 4.90 Å². The number of halogens is 2. The number of anilines is 1. The third-order valence-corrected chi connectivity index (χ3v) is 5.79. The van der Waals surface area contributed by atoms with Gasteiger partial charge in [-0.25, -0.2) is 13.8 Å². The Hall–Kier alpha value is -3.32. The molecule has 1 amide bonds. The van der Waals surface area contributed by atoms with E-state index in [1.54, 1.807) is 42.6 Å². The predicted octanol–water partition coefficient (Wildman–Crippen LogP) is 3.97. The number of hydrogen-bond acceptors (Lipinski definition) is 4. The van der Waals surface area contributed by atoms with Crippen molar-refractivity contribution in [3.05, 3.63) is 95.2 Å². The van der Waals surface area contributed by atoms with Gasteiger partial charge in [-0.1, -0.05) is 24.3 Å². The molecule has 2 aromatic carbocycles. The highest BCUT2D eigenvalue weighted by atomic mass is 19.1. The highest BCUT2D eigenvalue weighted by Crippen LogP contribution is 2.30. The van der Waals surface area contributed by atoms with E-state index in [0.717, 1.165) is 16.9 Å². The van der Waals surface area contributed by atoms with Crippen LogP contribution in [0.5, 0.6) is 0 Å². The molecule has 3 aromatic rings. The van der Waals surface area contributed by atoms with Crippen LogP contribution in [-0.2, 0) is 0 Å². The lowest BCUT2D eigenvalue weighted by Crippen LogP contribution is -2.49. The maximum Gasteiger partial charge on any atom is 0.254 e. The first-order chi connectivity index (χ1) is 15.4. The van der Waals surface area contributed by atoms with E-state index < -0.39 is 0 Å². The Morgan fingerprint density at radius 2 is 1.41 bits per heavy atom. The number of amides is 1. The minimum atomic E-state index is -0.295. The maximum absolute atomic E-state index is 13.5. The SMILES string of the molecule is CN(C)c1cc(C(=O)N2CCN(C(c3ccc(F)cc3)c3ccc(F)cc3)CC2)ccn1. The molecule has 1 aliphatic rings. The largest absolute Gasteiger partial charge is 0.363 e. The number of hydrogen-bond donors (Lipinski definition) is 0. The Morgan fingerprint density at radius 1 is 0.875 bits per heavy atom. The van der Waals surface area contributed by atoms with Crippen LogP contribution >= 0.6 is 0 Å². The van der Waals surface area contributed by atoms with Gasteiger partial charge in [0.2, 0.25) is 0 Å². The first-order valence-corrected chi connectivity index (χ1v) is 10.6. The lowest BCUT2D eigenvalue weighted by Gasteiger charge is -2.40. The summed E-state index contributed by atoms with van der Waals surface area (Å²) in [5.41, 5.74) is 2.48. The molecule has 2 heterocycles. The Kier molecular flexibility index (Phi) is 6.46. The fourth-order valence-corrected chi connectivity index (χ4v) is 4.07. The van der Waals surface area contributed by atoms with Crippen LogP contribution in [0.1, 0.15) is 27.5 Å². The molecule has 1 saturated heterocycles. The Balaban J connectivity index is 1.52. The summed E-state index contributed by atoms with van der Waals surface area (Å²) in [6, 6.07) is 16.2. The molecule has 0 unspecified atom stereocenters. The van der Waals surface area contributed by atoms with Gasteiger partial charge in [0.25, 0.3) is 5.91 Å². The average Bonchev–Trinajstić information content (AvgIpc) is 2.82. The van der Waals surface area contributed by atoms with E-state index in [1.807, 2.05) is 23.9 Å². The molecular formula is C25H26F2N4O. The molecule has 0 N–H and O–H groups in total. The molecule has 1 aromatic heterocycles. The standard InChI is InChI=1S/C25H26F2N4O/c1-29(2)23-17-20(11-12-28-23)25(32)31-15-13-30(14-16-31)24(18-3-7-21(26)8-4-18)19-5-9-22(27)10-6-19/h3-12,17,24H,13-16H2,1-2H3. The van der Waals surface area contributed by atoms with Crippen LogP contribution in [0.2, 0.25) is 0 Å². The van der Waals surface area contributed by atoms with Crippen molar-refractivity contribution < 1.29 is 13.6 Å². The van der Waals surface area contributed by atoms with Gasteiger partial charge in [-0.2, -0.15) is 0 Å². The Labute approximate surface area is 186 Å². The zero-order chi connectivity index (χ0) is 22.7. The van der Waals surface area contributed by atoms with Crippen molar-refractivity contribution in [2.24, 2.45) is 0 Å². The van der Waals surface area contributed by atoms with E-state index in [4.69, 9.17) is 0 Å². The van der Waals surface area contributed by atoms with Crippen LogP contribution in [0.15, 0.2) is 66.9 Å². The van der Waals surface area contributed by atoms with Gasteiger partial charge < -0.3 is 9.80 Å². The first-order valence-electron chi connectivity index (χ1n) is 10.6. The van der Waals surface area contributed by atoms with Crippen LogP contribution in [0.4, 0.5) is 14.6 Å². The lowest BCUT2D eigenvalue weighted by atomic mass is 9.96. The van der Waals surface area contributed by atoms with Crippen molar-refractivity contribution in [1.29, 1.82) is 0 Å². The normalized spacial score (nSPS) is 14.6. The maximum atomic E-state index is 13.5. The van der Waals surface area contributed by atoms with Crippen molar-refractivity contribution in [2.45, 2.75) is 6.04 Å². The van der Waals surface area contributed by atoms with E-state index >= 15 is 0 Å². The van der Waals surface area contributed by atoms with E-state index in [0.29, 0.717) is 31.7 Å². The summed E-state index contributed by atoms with van der Waals surface area (Å²) in [5.74, 6) is 0.130. The molecule has 32 heavy (non-hydrogen) atoms. The van der Waals surface area contributed by atoms with Crippen LogP contribution in [0, 0.1) is 11.6 Å². The highest BCUT2D eigenvalue weighted by molar-refractivity contribution is 5.95. The summed E-state index contributed by atoms with van der Waals surface area (Å²) in [7, 11) is 3.78. The van der Waals surface area contributed by atoms with Gasteiger partial charge in [0.1, 0.15) is 17.5 Å². The first kappa shape index (κ1) is 21.9. The number of pyridine rings is 1. The van der Waals surface area contributed by atoms with Crippen LogP contribution in [0.25, 0.3) is 0 Å². The molecule has 0 bridgehead atoms. The summed E-state index contributed by atoms with van der Waals surface area (Å²) < 4.78 is 27.0. The topological polar surface area (TPSA) is 39.7 Å². The zero-order valence-corrected chi connectivity index (χ0v) is 18.2. The van der Waals surface area contributed by atoms with Crippen molar-refractivity contribution in [3.8, 4) is 0 Å². The smallest absolute Gasteiger partial charge is 0.254 e. The molecule has 7 heteroatoms. The minimum absolute atomic E-state index is 0.0183. The number of carbonyl (C=O) groups excluding carboxylic acids is 1. The number of aromatic nitrogens is 1. The fourth-order valence-electron chi connectivity index (χ4n) is 4.07. The summed E-state index contributed by atoms with van der Waals surface area (Å²) in [6.45, 7) is 2.43. The molecule has 166 valence electrons. The van der Waals surface area contributed by atoms with Crippen molar-refractivity contribution in [3.63, 3.8) is 0 Å². The van der Waals surface area contributed by atoms with E-state index in [9.17, 15) is 13.6 Å². The summed E-state index contributed by atoms with van der Waals surface area (Å²) in [5, 5.41) is 0. The number of benzene rings is 2. The molecule has 0 radical (unpaired) electrons. The van der Waals surface area contributed by atoms with Gasteiger partial charge in [-0.3, -0.25) is 9.69 Å². The average molecular weight is 437 g/mol. The molecular weight excluding hydrogens is 410 g/mol. The predicted molar refractivity (Wildman–Crippen MR) is 121 cm³/mol. The Morgan fingerprint density at radius 3 is 1.91 bits per heavy atom. The van der Waals surface area contributed by atoms with E-state index in [2.05, 4.69) is 9.88 Å². The number of nitrogens with zero attached hydrogens (tertiary/aromatic N) is 4. The van der Waals surface area contributed by atoms with Gasteiger partial charge in [-0.05, 0) is 47.5 Å². The molecule has 0 atom stereocenters. The molecule has 5 nitrogen and oxygen atoms in total. The zero-order valence-electron chi connectivity index (χ0n) is 18.2. The summed E-state index contributed by atoms with van der Waals surface area (Å²) >= 11 is 0. The number of piperazine rings is 1. The second kappa shape index (κ2) is 9.44. The van der Waals surface area contributed by atoms with Crippen molar-refractivity contribution in [2.75, 3.05) is 45.2 Å². The van der Waals surface area contributed by atoms with E-state index in [1.165, 1.54) is 24.3 Å². The molecule has 1 aliphatic heterocycles. The second-order valence-corrected chi connectivity index (χ2v) is 8.13. The highest BCUT2D eigenvalue weighted by Gasteiger charge is 2.29. The number of rotatable bonds is 5. The van der Waals surface area contributed by atoms with Gasteiger partial charge in [0.05, 0.1) is 6.04 Å². The minimum Gasteiger partial charge on any atom is -0.363 e. The third-order valence-electron chi connectivity index (χ3n) is 5.79. The monoisotopic (exact) mass is 436 g/mol. The summed E-state index contributed by atoms with van der Waals surface area (Å²) in [6.07, 6.45) is 1.65. The van der Waals surface area contributed by atoms with Crippen molar-refractivity contribution >= 4 is 11.7 Å². The lowest BCUT2D eigenvalue weighted by molar-refractivity contribution is 0.0597.